The normalized spacial score (nSPS) is 10.8. The van der Waals surface area contributed by atoms with E-state index in [1.807, 2.05) is 35.3 Å². The van der Waals surface area contributed by atoms with Crippen molar-refractivity contribution in [1.29, 1.82) is 0 Å². The van der Waals surface area contributed by atoms with Gasteiger partial charge in [-0.15, -0.1) is 11.3 Å². The predicted octanol–water partition coefficient (Wildman–Crippen LogP) is 4.12. The van der Waals surface area contributed by atoms with Crippen LogP contribution in [-0.2, 0) is 7.05 Å². The van der Waals surface area contributed by atoms with E-state index in [0.717, 1.165) is 5.69 Å². The van der Waals surface area contributed by atoms with Crippen LogP contribution in [-0.4, -0.2) is 9.55 Å². The molecule has 0 aliphatic carbocycles. The summed E-state index contributed by atoms with van der Waals surface area (Å²) in [7, 11) is 2.00. The summed E-state index contributed by atoms with van der Waals surface area (Å²) in [6.45, 7) is 2.14. The lowest BCUT2D eigenvalue weighted by atomic mass is 10.1. The highest BCUT2D eigenvalue weighted by Gasteiger charge is 2.12. The number of imidazole rings is 1. The largest absolute Gasteiger partial charge is 0.340 e. The van der Waals surface area contributed by atoms with Gasteiger partial charge < -0.3 is 4.57 Å². The quantitative estimate of drug-likeness (QED) is 0.672. The Morgan fingerprint density at radius 1 is 1.17 bits per heavy atom. The maximum atomic E-state index is 4.46. The van der Waals surface area contributed by atoms with Crippen LogP contribution in [0.3, 0.4) is 0 Å². The van der Waals surface area contributed by atoms with Gasteiger partial charge in [0.05, 0.1) is 12.0 Å². The Labute approximate surface area is 111 Å². The van der Waals surface area contributed by atoms with Crippen molar-refractivity contribution in [2.45, 2.75) is 6.92 Å². The first kappa shape index (κ1) is 11.2. The average Bonchev–Trinajstić information content (AvgIpc) is 2.96. The van der Waals surface area contributed by atoms with Crippen LogP contribution < -0.4 is 0 Å². The van der Waals surface area contributed by atoms with E-state index in [0.29, 0.717) is 0 Å². The molecule has 0 amide bonds. The van der Waals surface area contributed by atoms with Crippen LogP contribution in [0.4, 0.5) is 0 Å². The van der Waals surface area contributed by atoms with Gasteiger partial charge in [-0.05, 0) is 18.6 Å². The molecule has 3 aromatic rings. The first-order valence-corrected chi connectivity index (χ1v) is 6.70. The van der Waals surface area contributed by atoms with Crippen LogP contribution >= 0.6 is 11.3 Å². The summed E-state index contributed by atoms with van der Waals surface area (Å²) in [5.41, 5.74) is 3.53. The molecule has 0 aliphatic heterocycles. The third kappa shape index (κ3) is 1.97. The summed E-state index contributed by atoms with van der Waals surface area (Å²) in [4.78, 5) is 7.07. The number of aromatic nitrogens is 2. The van der Waals surface area contributed by atoms with Crippen LogP contribution in [0.25, 0.3) is 21.7 Å². The van der Waals surface area contributed by atoms with Gasteiger partial charge in [0.2, 0.25) is 0 Å². The molecule has 0 unspecified atom stereocenters. The molecule has 90 valence electrons. The summed E-state index contributed by atoms with van der Waals surface area (Å²) < 4.78 is 1.98. The zero-order valence-electron chi connectivity index (χ0n) is 10.4. The molecule has 18 heavy (non-hydrogen) atoms. The molecule has 2 aromatic heterocycles. The maximum Gasteiger partial charge on any atom is 0.0951 e. The van der Waals surface area contributed by atoms with Crippen molar-refractivity contribution in [1.82, 2.24) is 9.55 Å². The summed E-state index contributed by atoms with van der Waals surface area (Å²) in [5, 5.41) is 0. The highest BCUT2D eigenvalue weighted by molar-refractivity contribution is 7.16. The molecule has 0 bridgehead atoms. The Balaban J connectivity index is 2.16. The molecule has 0 N–H and O–H groups in total. The van der Waals surface area contributed by atoms with Crippen LogP contribution in [0.15, 0.2) is 48.9 Å². The van der Waals surface area contributed by atoms with Crippen LogP contribution in [0.2, 0.25) is 0 Å². The third-order valence-electron chi connectivity index (χ3n) is 2.87. The van der Waals surface area contributed by atoms with Crippen molar-refractivity contribution in [3.8, 4) is 21.7 Å². The van der Waals surface area contributed by atoms with Gasteiger partial charge in [0.25, 0.3) is 0 Å². The Bertz CT molecular complexity index is 665. The van der Waals surface area contributed by atoms with Crippen LogP contribution in [0.5, 0.6) is 0 Å². The van der Waals surface area contributed by atoms with Gasteiger partial charge in [0.15, 0.2) is 0 Å². The zero-order chi connectivity index (χ0) is 12.5. The van der Waals surface area contributed by atoms with E-state index >= 15 is 0 Å². The molecule has 0 atom stereocenters. The molecule has 2 heterocycles. The van der Waals surface area contributed by atoms with E-state index in [1.54, 1.807) is 0 Å². The van der Waals surface area contributed by atoms with E-state index < -0.39 is 0 Å². The van der Waals surface area contributed by atoms with Crippen molar-refractivity contribution in [2.75, 3.05) is 0 Å². The first-order chi connectivity index (χ1) is 8.74. The van der Waals surface area contributed by atoms with Gasteiger partial charge in [-0.25, -0.2) is 4.98 Å². The number of rotatable bonds is 2. The molecule has 0 radical (unpaired) electrons. The second-order valence-corrected chi connectivity index (χ2v) is 5.65. The molecule has 0 saturated heterocycles. The number of nitrogens with zero attached hydrogens (tertiary/aromatic N) is 2. The van der Waals surface area contributed by atoms with Crippen molar-refractivity contribution >= 4 is 11.3 Å². The molecule has 0 spiro atoms. The lowest BCUT2D eigenvalue weighted by molar-refractivity contribution is 0.913. The molecule has 3 rings (SSSR count). The standard InChI is InChI=1S/C15H14N2S/c1-11-8-13(14-9-17(2)10-16-14)15(18-11)12-6-4-3-5-7-12/h3-10H,1-2H3. The maximum absolute atomic E-state index is 4.46. The van der Waals surface area contributed by atoms with Gasteiger partial charge in [-0.3, -0.25) is 0 Å². The van der Waals surface area contributed by atoms with Gasteiger partial charge in [-0.1, -0.05) is 30.3 Å². The monoisotopic (exact) mass is 254 g/mol. The summed E-state index contributed by atoms with van der Waals surface area (Å²) in [5.74, 6) is 0. The van der Waals surface area contributed by atoms with E-state index in [4.69, 9.17) is 0 Å². The molecular formula is C15H14N2S. The summed E-state index contributed by atoms with van der Waals surface area (Å²) in [6, 6.07) is 12.7. The Kier molecular flexibility index (Phi) is 2.76. The van der Waals surface area contributed by atoms with E-state index in [1.165, 1.54) is 20.9 Å². The van der Waals surface area contributed by atoms with E-state index in [9.17, 15) is 0 Å². The molecular weight excluding hydrogens is 240 g/mol. The van der Waals surface area contributed by atoms with Crippen LogP contribution in [0, 0.1) is 6.92 Å². The highest BCUT2D eigenvalue weighted by atomic mass is 32.1. The molecule has 0 fully saturated rings. The second kappa shape index (κ2) is 4.42. The molecule has 0 aliphatic rings. The fourth-order valence-corrected chi connectivity index (χ4v) is 3.09. The van der Waals surface area contributed by atoms with Crippen molar-refractivity contribution < 1.29 is 0 Å². The number of hydrogen-bond donors (Lipinski definition) is 0. The fraction of sp³-hybridized carbons (Fsp3) is 0.133. The Hall–Kier alpha value is -1.87. The van der Waals surface area contributed by atoms with Crippen molar-refractivity contribution in [3.05, 3.63) is 53.8 Å². The van der Waals surface area contributed by atoms with Gasteiger partial charge in [0.1, 0.15) is 0 Å². The van der Waals surface area contributed by atoms with E-state index in [2.05, 4.69) is 48.4 Å². The topological polar surface area (TPSA) is 17.8 Å². The van der Waals surface area contributed by atoms with Gasteiger partial charge in [-0.2, -0.15) is 0 Å². The number of aryl methyl sites for hydroxylation is 2. The molecule has 0 saturated carbocycles. The minimum Gasteiger partial charge on any atom is -0.340 e. The van der Waals surface area contributed by atoms with E-state index in [-0.39, 0.29) is 0 Å². The second-order valence-electron chi connectivity index (χ2n) is 4.39. The molecule has 2 nitrogen and oxygen atoms in total. The van der Waals surface area contributed by atoms with Crippen molar-refractivity contribution in [3.63, 3.8) is 0 Å². The number of benzene rings is 1. The SMILES string of the molecule is Cc1cc(-c2cn(C)cn2)c(-c2ccccc2)s1. The Morgan fingerprint density at radius 2 is 1.94 bits per heavy atom. The minimum atomic E-state index is 1.04. The third-order valence-corrected chi connectivity index (χ3v) is 3.97. The van der Waals surface area contributed by atoms with Gasteiger partial charge in [0, 0.05) is 28.6 Å². The minimum absolute atomic E-state index is 1.04. The molecule has 3 heteroatoms. The average molecular weight is 254 g/mol. The molecule has 1 aromatic carbocycles. The highest BCUT2D eigenvalue weighted by Crippen LogP contribution is 2.38. The Morgan fingerprint density at radius 3 is 2.61 bits per heavy atom. The lowest BCUT2D eigenvalue weighted by Gasteiger charge is -2.00. The number of thiophene rings is 1. The van der Waals surface area contributed by atoms with Crippen molar-refractivity contribution in [2.24, 2.45) is 7.05 Å². The summed E-state index contributed by atoms with van der Waals surface area (Å²) >= 11 is 1.82. The fourth-order valence-electron chi connectivity index (χ4n) is 2.06. The van der Waals surface area contributed by atoms with Crippen LogP contribution in [0.1, 0.15) is 4.88 Å². The first-order valence-electron chi connectivity index (χ1n) is 5.88. The predicted molar refractivity (Wildman–Crippen MR) is 76.7 cm³/mol. The smallest absolute Gasteiger partial charge is 0.0951 e. The number of hydrogen-bond acceptors (Lipinski definition) is 2. The summed E-state index contributed by atoms with van der Waals surface area (Å²) in [6.07, 6.45) is 3.91. The zero-order valence-corrected chi connectivity index (χ0v) is 11.2. The lowest BCUT2D eigenvalue weighted by Crippen LogP contribution is -1.79. The van der Waals surface area contributed by atoms with Gasteiger partial charge >= 0.3 is 0 Å².